The minimum Gasteiger partial charge on any atom is -0.457 e. The number of nitro benzene ring substituents is 2. The molecule has 0 fully saturated rings. The number of benzene rings is 3. The van der Waals surface area contributed by atoms with Gasteiger partial charge in [-0.25, -0.2) is 9.59 Å². The lowest BCUT2D eigenvalue weighted by Gasteiger charge is -2.08. The van der Waals surface area contributed by atoms with Gasteiger partial charge in [0.05, 0.1) is 21.0 Å². The highest BCUT2D eigenvalue weighted by Gasteiger charge is 2.14. The Morgan fingerprint density at radius 2 is 1.06 bits per heavy atom. The fraction of sp³-hybridized carbons (Fsp3) is 0.0909. The maximum atomic E-state index is 12.3. The van der Waals surface area contributed by atoms with Gasteiger partial charge >= 0.3 is 11.9 Å². The van der Waals surface area contributed by atoms with Crippen molar-refractivity contribution in [2.75, 3.05) is 0 Å². The molecule has 0 aliphatic heterocycles. The summed E-state index contributed by atoms with van der Waals surface area (Å²) in [5.41, 5.74) is 0.847. The summed E-state index contributed by atoms with van der Waals surface area (Å²) in [6.07, 6.45) is 0. The molecule has 3 aromatic carbocycles. The van der Waals surface area contributed by atoms with Crippen molar-refractivity contribution < 1.29 is 28.9 Å². The highest BCUT2D eigenvalue weighted by molar-refractivity contribution is 5.95. The summed E-state index contributed by atoms with van der Waals surface area (Å²) in [7, 11) is 0. The number of nitrogens with zero attached hydrogens (tertiary/aromatic N) is 2. The van der Waals surface area contributed by atoms with E-state index >= 15 is 0 Å². The molecule has 0 aromatic heterocycles. The van der Waals surface area contributed by atoms with Crippen LogP contribution < -0.4 is 0 Å². The number of hydrogen-bond acceptors (Lipinski definition) is 8. The van der Waals surface area contributed by atoms with Gasteiger partial charge in [0.15, 0.2) is 0 Å². The molecule has 32 heavy (non-hydrogen) atoms. The molecule has 0 spiro atoms. The Kier molecular flexibility index (Phi) is 6.86. The maximum Gasteiger partial charge on any atom is 0.338 e. The largest absolute Gasteiger partial charge is 0.457 e. The number of esters is 2. The SMILES string of the molecule is O=C(OCc1cccc([N+](=O)[O-])c1)c1cccc(C(=O)OCc2cccc([N+](=O)[O-])c2)c1. The molecule has 10 nitrogen and oxygen atoms in total. The van der Waals surface area contributed by atoms with Crippen LogP contribution in [0.3, 0.4) is 0 Å². The van der Waals surface area contributed by atoms with E-state index in [0.29, 0.717) is 11.1 Å². The molecule has 0 radical (unpaired) electrons. The van der Waals surface area contributed by atoms with Crippen LogP contribution in [-0.2, 0) is 22.7 Å². The average molecular weight is 436 g/mol. The van der Waals surface area contributed by atoms with Gasteiger partial charge in [-0.3, -0.25) is 20.2 Å². The first-order valence-corrected chi connectivity index (χ1v) is 9.24. The Bertz CT molecular complexity index is 1100. The van der Waals surface area contributed by atoms with Gasteiger partial charge in [0.2, 0.25) is 0 Å². The van der Waals surface area contributed by atoms with Crippen molar-refractivity contribution >= 4 is 23.3 Å². The van der Waals surface area contributed by atoms with Crippen molar-refractivity contribution in [2.24, 2.45) is 0 Å². The molecular formula is C22H16N2O8. The van der Waals surface area contributed by atoms with E-state index in [1.165, 1.54) is 60.7 Å². The molecule has 3 rings (SSSR count). The number of nitro groups is 2. The van der Waals surface area contributed by atoms with E-state index in [0.717, 1.165) is 0 Å². The Hall–Kier alpha value is -4.60. The van der Waals surface area contributed by atoms with Crippen LogP contribution in [0.4, 0.5) is 11.4 Å². The minimum atomic E-state index is -0.718. The van der Waals surface area contributed by atoms with Crippen LogP contribution in [0.25, 0.3) is 0 Å². The zero-order chi connectivity index (χ0) is 23.1. The number of ether oxygens (including phenoxy) is 2. The van der Waals surface area contributed by atoms with Crippen LogP contribution in [0.1, 0.15) is 31.8 Å². The van der Waals surface area contributed by atoms with Gasteiger partial charge in [0, 0.05) is 24.3 Å². The van der Waals surface area contributed by atoms with Crippen molar-refractivity contribution in [3.8, 4) is 0 Å². The summed E-state index contributed by atoms with van der Waals surface area (Å²) in [4.78, 5) is 45.2. The molecule has 0 atom stereocenters. The molecule has 0 unspecified atom stereocenters. The molecule has 0 bridgehead atoms. The van der Waals surface area contributed by atoms with Crippen LogP contribution in [-0.4, -0.2) is 21.8 Å². The zero-order valence-corrected chi connectivity index (χ0v) is 16.5. The number of carbonyl (C=O) groups is 2. The second-order valence-corrected chi connectivity index (χ2v) is 6.59. The first-order chi connectivity index (χ1) is 15.3. The molecule has 0 aliphatic rings. The van der Waals surface area contributed by atoms with E-state index in [4.69, 9.17) is 9.47 Å². The highest BCUT2D eigenvalue weighted by atomic mass is 16.6. The lowest BCUT2D eigenvalue weighted by atomic mass is 10.1. The number of non-ortho nitro benzene ring substituents is 2. The molecular weight excluding hydrogens is 420 g/mol. The molecule has 0 amide bonds. The van der Waals surface area contributed by atoms with Gasteiger partial charge in [-0.15, -0.1) is 0 Å². The lowest BCUT2D eigenvalue weighted by Crippen LogP contribution is -2.09. The normalized spacial score (nSPS) is 10.2. The third-order valence-electron chi connectivity index (χ3n) is 4.32. The third-order valence-corrected chi connectivity index (χ3v) is 4.32. The summed E-state index contributed by atoms with van der Waals surface area (Å²) < 4.78 is 10.3. The van der Waals surface area contributed by atoms with Crippen molar-refractivity contribution in [3.63, 3.8) is 0 Å². The van der Waals surface area contributed by atoms with Crippen molar-refractivity contribution in [1.82, 2.24) is 0 Å². The molecule has 162 valence electrons. The quantitative estimate of drug-likeness (QED) is 0.291. The maximum absolute atomic E-state index is 12.3. The van der Waals surface area contributed by atoms with Gasteiger partial charge in [0.1, 0.15) is 13.2 Å². The predicted octanol–water partition coefficient (Wildman–Crippen LogP) is 4.22. The third kappa shape index (κ3) is 5.72. The fourth-order valence-corrected chi connectivity index (χ4v) is 2.76. The molecule has 0 saturated heterocycles. The zero-order valence-electron chi connectivity index (χ0n) is 16.5. The number of rotatable bonds is 8. The van der Waals surface area contributed by atoms with E-state index in [9.17, 15) is 29.8 Å². The fourth-order valence-electron chi connectivity index (χ4n) is 2.76. The van der Waals surface area contributed by atoms with Gasteiger partial charge in [-0.2, -0.15) is 0 Å². The lowest BCUT2D eigenvalue weighted by molar-refractivity contribution is -0.385. The Labute approximate surface area is 181 Å². The van der Waals surface area contributed by atoms with Gasteiger partial charge in [-0.1, -0.05) is 30.3 Å². The van der Waals surface area contributed by atoms with E-state index in [1.54, 1.807) is 12.1 Å². The topological polar surface area (TPSA) is 139 Å². The van der Waals surface area contributed by atoms with Gasteiger partial charge in [0.25, 0.3) is 11.4 Å². The van der Waals surface area contributed by atoms with Crippen LogP contribution in [0.5, 0.6) is 0 Å². The smallest absolute Gasteiger partial charge is 0.338 e. The molecule has 3 aromatic rings. The molecule has 0 heterocycles. The predicted molar refractivity (Wildman–Crippen MR) is 111 cm³/mol. The standard InChI is InChI=1S/C22H16N2O8/c25-21(31-13-15-4-1-8-19(10-15)23(27)28)17-6-3-7-18(12-17)22(26)32-14-16-5-2-9-20(11-16)24(29)30/h1-12H,13-14H2. The first kappa shape index (κ1) is 22.1. The van der Waals surface area contributed by atoms with Crippen molar-refractivity contribution in [2.45, 2.75) is 13.2 Å². The van der Waals surface area contributed by atoms with E-state index in [2.05, 4.69) is 0 Å². The van der Waals surface area contributed by atoms with E-state index in [-0.39, 0.29) is 35.7 Å². The Balaban J connectivity index is 1.61. The van der Waals surface area contributed by atoms with E-state index in [1.807, 2.05) is 0 Å². The monoisotopic (exact) mass is 436 g/mol. The van der Waals surface area contributed by atoms with Crippen LogP contribution in [0, 0.1) is 20.2 Å². The summed E-state index contributed by atoms with van der Waals surface area (Å²) in [5, 5.41) is 21.7. The number of carbonyl (C=O) groups excluding carboxylic acids is 2. The van der Waals surface area contributed by atoms with Crippen molar-refractivity contribution in [3.05, 3.63) is 115 Å². The summed E-state index contributed by atoms with van der Waals surface area (Å²) in [5.74, 6) is -1.44. The highest BCUT2D eigenvalue weighted by Crippen LogP contribution is 2.17. The summed E-state index contributed by atoms with van der Waals surface area (Å²) >= 11 is 0. The second-order valence-electron chi connectivity index (χ2n) is 6.59. The van der Waals surface area contributed by atoms with E-state index < -0.39 is 21.8 Å². The van der Waals surface area contributed by atoms with Gasteiger partial charge in [-0.05, 0) is 29.3 Å². The average Bonchev–Trinajstić information content (AvgIpc) is 2.81. The Morgan fingerprint density at radius 1 is 0.656 bits per heavy atom. The molecule has 0 N–H and O–H groups in total. The van der Waals surface area contributed by atoms with Crippen LogP contribution in [0.15, 0.2) is 72.8 Å². The van der Waals surface area contributed by atoms with Crippen molar-refractivity contribution in [1.29, 1.82) is 0 Å². The first-order valence-electron chi connectivity index (χ1n) is 9.24. The Morgan fingerprint density at radius 3 is 1.47 bits per heavy atom. The molecule has 0 aliphatic carbocycles. The molecule has 10 heteroatoms. The molecule has 0 saturated carbocycles. The number of hydrogen-bond donors (Lipinski definition) is 0. The van der Waals surface area contributed by atoms with Crippen LogP contribution >= 0.6 is 0 Å². The minimum absolute atomic E-state index is 0.0974. The second kappa shape index (κ2) is 9.94. The summed E-state index contributed by atoms with van der Waals surface area (Å²) in [6, 6.07) is 17.1. The van der Waals surface area contributed by atoms with Gasteiger partial charge < -0.3 is 9.47 Å². The summed E-state index contributed by atoms with van der Waals surface area (Å²) in [6.45, 7) is -0.357. The van der Waals surface area contributed by atoms with Crippen LogP contribution in [0.2, 0.25) is 0 Å².